The smallest absolute Gasteiger partial charge is 0.0622 e. The van der Waals surface area contributed by atoms with Crippen LogP contribution in [0.4, 0.5) is 0 Å². The number of halogens is 2. The van der Waals surface area contributed by atoms with Gasteiger partial charge in [-0.3, -0.25) is 0 Å². The topological polar surface area (TPSA) is 0 Å². The van der Waals surface area contributed by atoms with E-state index in [1.807, 2.05) is 0 Å². The molecule has 1 radical (unpaired) electrons. The first-order chi connectivity index (χ1) is 3.79. The molecule has 0 N–H and O–H groups in total. The molecule has 0 saturated heterocycles. The van der Waals surface area contributed by atoms with Crippen LogP contribution in [0.5, 0.6) is 0 Å². The van der Waals surface area contributed by atoms with Gasteiger partial charge >= 0.3 is 0 Å². The molecule has 1 aliphatic carbocycles. The maximum Gasteiger partial charge on any atom is 0.0622 e. The predicted octanol–water partition coefficient (Wildman–Crippen LogP) is 3.23. The summed E-state index contributed by atoms with van der Waals surface area (Å²) in [4.78, 5) is 0. The minimum absolute atomic E-state index is 1.12. The summed E-state index contributed by atoms with van der Waals surface area (Å²) in [5, 5.41) is 0. The second-order valence-corrected chi connectivity index (χ2v) is 4.20. The van der Waals surface area contributed by atoms with E-state index in [9.17, 15) is 0 Å². The first kappa shape index (κ1) is 7.05. The Morgan fingerprint density at radius 3 is 2.38 bits per heavy atom. The van der Waals surface area contributed by atoms with Crippen molar-refractivity contribution in [2.24, 2.45) is 0 Å². The van der Waals surface area contributed by atoms with Crippen molar-refractivity contribution in [2.75, 3.05) is 0 Å². The quantitative estimate of drug-likeness (QED) is 0.598. The zero-order valence-electron chi connectivity index (χ0n) is 4.20. The summed E-state index contributed by atoms with van der Waals surface area (Å²) >= 11 is 4.67. The van der Waals surface area contributed by atoms with Gasteiger partial charge in [-0.25, -0.2) is 0 Å². The summed E-state index contributed by atoms with van der Waals surface area (Å²) in [7, 11) is 0. The van der Waals surface area contributed by atoms with Crippen molar-refractivity contribution in [1.29, 1.82) is 0 Å². The first-order valence-corrected chi connectivity index (χ1v) is 4.50. The summed E-state index contributed by atoms with van der Waals surface area (Å²) in [5.41, 5.74) is 0. The number of rotatable bonds is 0. The fourth-order valence-corrected chi connectivity index (χ4v) is 1.30. The lowest BCUT2D eigenvalue weighted by molar-refractivity contribution is 1.25. The molecule has 0 saturated carbocycles. The zero-order chi connectivity index (χ0) is 5.98. The van der Waals surface area contributed by atoms with E-state index in [0.29, 0.717) is 0 Å². The van der Waals surface area contributed by atoms with Gasteiger partial charge in [-0.2, -0.15) is 0 Å². The van der Waals surface area contributed by atoms with E-state index < -0.39 is 0 Å². The van der Waals surface area contributed by atoms with Crippen LogP contribution < -0.4 is 0 Å². The molecule has 0 aromatic carbocycles. The summed E-state index contributed by atoms with van der Waals surface area (Å²) in [5.74, 6) is 0. The molecule has 0 aromatic rings. The minimum atomic E-state index is 1.12. The van der Waals surface area contributed by atoms with Crippen LogP contribution in [-0.2, 0) is 0 Å². The van der Waals surface area contributed by atoms with Gasteiger partial charge in [0, 0.05) is 3.58 Å². The van der Waals surface area contributed by atoms with E-state index in [1.165, 1.54) is 7.50 Å². The molecular weight excluding hydrogens is 326 g/mol. The van der Waals surface area contributed by atoms with E-state index >= 15 is 0 Å². The largest absolute Gasteiger partial charge is 0.0721 e. The highest BCUT2D eigenvalue weighted by Gasteiger charge is 2.01. The number of hydrogen-bond donors (Lipinski definition) is 0. The van der Waals surface area contributed by atoms with Crippen LogP contribution in [0.3, 0.4) is 0 Å². The summed E-state index contributed by atoms with van der Waals surface area (Å²) in [6.07, 6.45) is 7.63. The van der Waals surface area contributed by atoms with Gasteiger partial charge in [0.05, 0.1) is 3.92 Å². The van der Waals surface area contributed by atoms with Crippen LogP contribution >= 0.6 is 45.2 Å². The van der Waals surface area contributed by atoms with Gasteiger partial charge in [0.1, 0.15) is 0 Å². The molecule has 0 nitrogen and oxygen atoms in total. The van der Waals surface area contributed by atoms with Gasteiger partial charge < -0.3 is 0 Å². The van der Waals surface area contributed by atoms with Crippen LogP contribution in [0.15, 0.2) is 21.8 Å². The molecule has 0 fully saturated rings. The molecule has 0 spiro atoms. The highest BCUT2D eigenvalue weighted by Crippen LogP contribution is 2.26. The minimum Gasteiger partial charge on any atom is -0.0721 e. The Morgan fingerprint density at radius 2 is 2.00 bits per heavy atom. The van der Waals surface area contributed by atoms with Gasteiger partial charge in [-0.1, -0.05) is 40.8 Å². The van der Waals surface area contributed by atoms with Crippen molar-refractivity contribution in [3.8, 4) is 0 Å². The fraction of sp³-hybridized carbons (Fsp3) is 0.167. The average molecular weight is 331 g/mol. The molecule has 0 amide bonds. The van der Waals surface area contributed by atoms with Crippen LogP contribution in [0.2, 0.25) is 0 Å². The van der Waals surface area contributed by atoms with Crippen molar-refractivity contribution in [3.05, 3.63) is 25.7 Å². The molecular formula is C6H5I2. The number of hydrogen-bond acceptors (Lipinski definition) is 0. The molecule has 0 aliphatic heterocycles. The summed E-state index contributed by atoms with van der Waals surface area (Å²) < 4.78 is 2.77. The number of allylic oxidation sites excluding steroid dienone is 4. The maximum absolute atomic E-state index is 2.35. The summed E-state index contributed by atoms with van der Waals surface area (Å²) in [6.45, 7) is 0. The van der Waals surface area contributed by atoms with Crippen molar-refractivity contribution in [2.45, 2.75) is 6.42 Å². The van der Waals surface area contributed by atoms with Crippen molar-refractivity contribution in [3.63, 3.8) is 0 Å². The molecule has 8 heavy (non-hydrogen) atoms. The van der Waals surface area contributed by atoms with Crippen molar-refractivity contribution < 1.29 is 0 Å². The van der Waals surface area contributed by atoms with Crippen LogP contribution in [-0.4, -0.2) is 0 Å². The Bertz CT molecular complexity index is 135. The molecule has 0 aromatic heterocycles. The van der Waals surface area contributed by atoms with E-state index in [4.69, 9.17) is 0 Å². The second kappa shape index (κ2) is 3.20. The first-order valence-electron chi connectivity index (χ1n) is 2.34. The SMILES string of the molecule is I[C]1C=CC(I)=CC1. The lowest BCUT2D eigenvalue weighted by atomic mass is 10.2. The highest BCUT2D eigenvalue weighted by molar-refractivity contribution is 14.1. The lowest BCUT2D eigenvalue weighted by Crippen LogP contribution is -1.83. The van der Waals surface area contributed by atoms with E-state index in [0.717, 1.165) is 6.42 Å². The third-order valence-corrected chi connectivity index (χ3v) is 2.52. The van der Waals surface area contributed by atoms with Gasteiger partial charge in [0.25, 0.3) is 0 Å². The maximum atomic E-state index is 2.35. The van der Waals surface area contributed by atoms with Crippen LogP contribution in [0, 0.1) is 3.92 Å². The Kier molecular flexibility index (Phi) is 2.82. The van der Waals surface area contributed by atoms with E-state index in [1.54, 1.807) is 0 Å². The third kappa shape index (κ3) is 2.05. The summed E-state index contributed by atoms with van der Waals surface area (Å²) in [6, 6.07) is 0. The predicted molar refractivity (Wildman–Crippen MR) is 53.1 cm³/mol. The fourth-order valence-electron chi connectivity index (χ4n) is 0.501. The van der Waals surface area contributed by atoms with E-state index in [-0.39, 0.29) is 0 Å². The Balaban J connectivity index is 2.58. The highest BCUT2D eigenvalue weighted by atomic mass is 127. The molecule has 0 bridgehead atoms. The average Bonchev–Trinajstić information content (AvgIpc) is 1.77. The van der Waals surface area contributed by atoms with Crippen LogP contribution in [0.1, 0.15) is 6.42 Å². The Hall–Kier alpha value is 0.940. The molecule has 43 valence electrons. The Labute approximate surface area is 76.7 Å². The third-order valence-electron chi connectivity index (χ3n) is 0.915. The van der Waals surface area contributed by atoms with E-state index in [2.05, 4.69) is 63.4 Å². The molecule has 0 heterocycles. The van der Waals surface area contributed by atoms with Crippen molar-refractivity contribution in [1.82, 2.24) is 0 Å². The zero-order valence-corrected chi connectivity index (χ0v) is 8.51. The lowest BCUT2D eigenvalue weighted by Gasteiger charge is -2.03. The monoisotopic (exact) mass is 331 g/mol. The Morgan fingerprint density at radius 1 is 1.25 bits per heavy atom. The van der Waals surface area contributed by atoms with Crippen LogP contribution in [0.25, 0.3) is 0 Å². The van der Waals surface area contributed by atoms with Gasteiger partial charge in [-0.05, 0) is 29.0 Å². The van der Waals surface area contributed by atoms with Crippen molar-refractivity contribution >= 4 is 45.2 Å². The standard InChI is InChI=1S/C6H5I2/c7-5-1-2-6(8)4-3-5/h1-3H,4H2. The van der Waals surface area contributed by atoms with Gasteiger partial charge in [0.2, 0.25) is 0 Å². The molecule has 1 aliphatic rings. The molecule has 1 rings (SSSR count). The molecule has 2 heteroatoms. The molecule has 0 unspecified atom stereocenters. The normalized spacial score (nSPS) is 21.0. The second-order valence-electron chi connectivity index (χ2n) is 1.57. The van der Waals surface area contributed by atoms with Gasteiger partial charge in [-0.15, -0.1) is 0 Å². The van der Waals surface area contributed by atoms with Gasteiger partial charge in [0.15, 0.2) is 0 Å². The molecule has 0 atom stereocenters.